The first kappa shape index (κ1) is 16.5. The van der Waals surface area contributed by atoms with E-state index < -0.39 is 23.8 Å². The molecule has 0 aliphatic heterocycles. The second kappa shape index (κ2) is 5.88. The molecule has 0 aromatic rings. The van der Waals surface area contributed by atoms with Gasteiger partial charge in [0.15, 0.2) is 17.4 Å². The molecule has 98 valence electrons. The number of carbonyl (C=O) groups is 2. The Kier molecular flexibility index (Phi) is 5.70. The van der Waals surface area contributed by atoms with Crippen molar-refractivity contribution in [3.63, 3.8) is 0 Å². The molecule has 0 aromatic carbocycles. The molecule has 17 heavy (non-hydrogen) atoms. The lowest BCUT2D eigenvalue weighted by atomic mass is 9.62. The molecule has 0 spiro atoms. The fourth-order valence-electron chi connectivity index (χ4n) is 2.79. The standard InChI is InChI=1S/C12H20O4.Al.3H/c1-12(2,3)8-6-4-5-7(10(13)14)9(8)11(15)16;;;;/h7-9H,4-6H2,1-3H3,(H,13,14)(H,15,16);;;;. The van der Waals surface area contributed by atoms with E-state index in [2.05, 4.69) is 0 Å². The van der Waals surface area contributed by atoms with Crippen molar-refractivity contribution < 1.29 is 19.8 Å². The second-order valence-corrected chi connectivity index (χ2v) is 5.71. The first-order chi connectivity index (χ1) is 7.25. The van der Waals surface area contributed by atoms with Crippen molar-refractivity contribution in [3.05, 3.63) is 0 Å². The van der Waals surface area contributed by atoms with Crippen LogP contribution in [0.25, 0.3) is 0 Å². The second-order valence-electron chi connectivity index (χ2n) is 5.71. The largest absolute Gasteiger partial charge is 0.481 e. The van der Waals surface area contributed by atoms with Crippen molar-refractivity contribution in [2.24, 2.45) is 23.2 Å². The molecular formula is C12H23AlO4. The maximum Gasteiger partial charge on any atom is 0.307 e. The fraction of sp³-hybridized carbons (Fsp3) is 0.833. The van der Waals surface area contributed by atoms with Gasteiger partial charge < -0.3 is 10.2 Å². The van der Waals surface area contributed by atoms with Gasteiger partial charge in [-0.3, -0.25) is 9.59 Å². The van der Waals surface area contributed by atoms with Crippen LogP contribution in [0, 0.1) is 23.2 Å². The summed E-state index contributed by atoms with van der Waals surface area (Å²) < 4.78 is 0. The summed E-state index contributed by atoms with van der Waals surface area (Å²) in [6.45, 7) is 5.95. The molecule has 0 heterocycles. The maximum atomic E-state index is 11.3. The first-order valence-corrected chi connectivity index (χ1v) is 5.70. The third kappa shape index (κ3) is 3.72. The molecular weight excluding hydrogens is 235 g/mol. The molecule has 2 N–H and O–H groups in total. The van der Waals surface area contributed by atoms with Gasteiger partial charge in [-0.25, -0.2) is 0 Å². The van der Waals surface area contributed by atoms with Crippen molar-refractivity contribution in [2.75, 3.05) is 0 Å². The molecule has 1 aliphatic rings. The molecule has 1 rings (SSSR count). The average molecular weight is 258 g/mol. The van der Waals surface area contributed by atoms with Crippen LogP contribution in [-0.2, 0) is 9.59 Å². The van der Waals surface area contributed by atoms with Crippen molar-refractivity contribution >= 4 is 29.3 Å². The third-order valence-electron chi connectivity index (χ3n) is 3.61. The molecule has 0 saturated heterocycles. The van der Waals surface area contributed by atoms with Gasteiger partial charge in [-0.05, 0) is 24.2 Å². The molecule has 1 fully saturated rings. The normalized spacial score (nSPS) is 29.2. The highest BCUT2D eigenvalue weighted by atomic mass is 27.0. The van der Waals surface area contributed by atoms with Crippen LogP contribution in [0.4, 0.5) is 0 Å². The lowest BCUT2D eigenvalue weighted by Gasteiger charge is -2.41. The van der Waals surface area contributed by atoms with Gasteiger partial charge in [-0.15, -0.1) is 0 Å². The van der Waals surface area contributed by atoms with Crippen molar-refractivity contribution in [1.82, 2.24) is 0 Å². The van der Waals surface area contributed by atoms with Crippen LogP contribution in [0.3, 0.4) is 0 Å². The highest BCUT2D eigenvalue weighted by Crippen LogP contribution is 2.44. The van der Waals surface area contributed by atoms with Crippen LogP contribution in [0.5, 0.6) is 0 Å². The van der Waals surface area contributed by atoms with Crippen LogP contribution in [0.15, 0.2) is 0 Å². The monoisotopic (exact) mass is 258 g/mol. The van der Waals surface area contributed by atoms with E-state index in [9.17, 15) is 14.7 Å². The lowest BCUT2D eigenvalue weighted by Crippen LogP contribution is -2.43. The van der Waals surface area contributed by atoms with E-state index in [-0.39, 0.29) is 28.7 Å². The number of hydrogen-bond acceptors (Lipinski definition) is 2. The Bertz CT molecular complexity index is 295. The minimum Gasteiger partial charge on any atom is -0.481 e. The van der Waals surface area contributed by atoms with Gasteiger partial charge in [0.1, 0.15) is 0 Å². The third-order valence-corrected chi connectivity index (χ3v) is 3.61. The Morgan fingerprint density at radius 3 is 1.94 bits per heavy atom. The number of hydrogen-bond donors (Lipinski definition) is 2. The zero-order valence-corrected chi connectivity index (χ0v) is 10.1. The topological polar surface area (TPSA) is 74.6 Å². The quantitative estimate of drug-likeness (QED) is 0.726. The smallest absolute Gasteiger partial charge is 0.307 e. The fourth-order valence-corrected chi connectivity index (χ4v) is 2.79. The molecule has 0 amide bonds. The highest BCUT2D eigenvalue weighted by molar-refractivity contribution is 5.80. The van der Waals surface area contributed by atoms with E-state index in [1.807, 2.05) is 20.8 Å². The Morgan fingerprint density at radius 2 is 1.59 bits per heavy atom. The molecule has 0 aromatic heterocycles. The number of carboxylic acid groups (broad SMARTS) is 2. The maximum absolute atomic E-state index is 11.3. The molecule has 1 saturated carbocycles. The van der Waals surface area contributed by atoms with Crippen LogP contribution in [0.1, 0.15) is 40.0 Å². The predicted molar refractivity (Wildman–Crippen MR) is 69.0 cm³/mol. The van der Waals surface area contributed by atoms with E-state index in [4.69, 9.17) is 5.11 Å². The van der Waals surface area contributed by atoms with Gasteiger partial charge in [0, 0.05) is 0 Å². The molecule has 0 bridgehead atoms. The van der Waals surface area contributed by atoms with Crippen LogP contribution >= 0.6 is 0 Å². The van der Waals surface area contributed by atoms with Crippen LogP contribution in [-0.4, -0.2) is 39.5 Å². The minimum atomic E-state index is -0.971. The van der Waals surface area contributed by atoms with Crippen molar-refractivity contribution in [1.29, 1.82) is 0 Å². The summed E-state index contributed by atoms with van der Waals surface area (Å²) in [6, 6.07) is 0. The van der Waals surface area contributed by atoms with Gasteiger partial charge >= 0.3 is 11.9 Å². The molecule has 3 unspecified atom stereocenters. The van der Waals surface area contributed by atoms with E-state index in [1.165, 1.54) is 0 Å². The Balaban J connectivity index is 0.00000256. The van der Waals surface area contributed by atoms with E-state index in [0.717, 1.165) is 12.8 Å². The zero-order valence-electron chi connectivity index (χ0n) is 10.1. The van der Waals surface area contributed by atoms with Gasteiger partial charge in [0.2, 0.25) is 0 Å². The summed E-state index contributed by atoms with van der Waals surface area (Å²) in [5.74, 6) is -3.46. The first-order valence-electron chi connectivity index (χ1n) is 5.70. The Labute approximate surface area is 113 Å². The SMILES string of the molecule is CC(C)(C)C1CCCC(C(=O)O)C1C(=O)O.[AlH3]. The summed E-state index contributed by atoms with van der Waals surface area (Å²) in [5, 5.41) is 18.3. The lowest BCUT2D eigenvalue weighted by molar-refractivity contribution is -0.161. The number of rotatable bonds is 2. The van der Waals surface area contributed by atoms with Crippen LogP contribution < -0.4 is 0 Å². The van der Waals surface area contributed by atoms with Crippen molar-refractivity contribution in [3.8, 4) is 0 Å². The summed E-state index contributed by atoms with van der Waals surface area (Å²) in [7, 11) is 0. The molecule has 3 atom stereocenters. The van der Waals surface area contributed by atoms with Gasteiger partial charge in [-0.2, -0.15) is 0 Å². The summed E-state index contributed by atoms with van der Waals surface area (Å²) >= 11 is 0. The van der Waals surface area contributed by atoms with Crippen LogP contribution in [0.2, 0.25) is 0 Å². The van der Waals surface area contributed by atoms with E-state index in [0.29, 0.717) is 6.42 Å². The molecule has 1 aliphatic carbocycles. The van der Waals surface area contributed by atoms with Gasteiger partial charge in [-0.1, -0.05) is 27.2 Å². The molecule has 0 radical (unpaired) electrons. The Morgan fingerprint density at radius 1 is 1.06 bits per heavy atom. The number of aliphatic carboxylic acids is 2. The summed E-state index contributed by atoms with van der Waals surface area (Å²) in [4.78, 5) is 22.3. The molecule has 5 heteroatoms. The van der Waals surface area contributed by atoms with Crippen molar-refractivity contribution in [2.45, 2.75) is 40.0 Å². The summed E-state index contributed by atoms with van der Waals surface area (Å²) in [6.07, 6.45) is 2.10. The molecule has 4 nitrogen and oxygen atoms in total. The van der Waals surface area contributed by atoms with Gasteiger partial charge in [0.25, 0.3) is 0 Å². The predicted octanol–water partition coefficient (Wildman–Crippen LogP) is 1.05. The Hall–Kier alpha value is -0.528. The number of carboxylic acids is 2. The van der Waals surface area contributed by atoms with Gasteiger partial charge in [0.05, 0.1) is 11.8 Å². The summed E-state index contributed by atoms with van der Waals surface area (Å²) in [5.41, 5.74) is -0.156. The zero-order chi connectivity index (χ0) is 12.5. The van der Waals surface area contributed by atoms with E-state index in [1.54, 1.807) is 0 Å². The minimum absolute atomic E-state index is 0. The highest BCUT2D eigenvalue weighted by Gasteiger charge is 2.46. The van der Waals surface area contributed by atoms with E-state index >= 15 is 0 Å². The average Bonchev–Trinajstić information content (AvgIpc) is 2.14.